The third-order valence-electron chi connectivity index (χ3n) is 3.53. The van der Waals surface area contributed by atoms with Crippen molar-refractivity contribution < 1.29 is 9.21 Å². The number of nitrogens with zero attached hydrogens (tertiary/aromatic N) is 2. The topological polar surface area (TPSA) is 56.0 Å². The molecule has 23 heavy (non-hydrogen) atoms. The van der Waals surface area contributed by atoms with Gasteiger partial charge in [0.05, 0.1) is 16.5 Å². The molecule has 4 aromatic rings. The molecule has 5 heteroatoms. The van der Waals surface area contributed by atoms with Gasteiger partial charge in [-0.2, -0.15) is 0 Å². The first-order chi connectivity index (χ1) is 11.3. The van der Waals surface area contributed by atoms with Crippen molar-refractivity contribution in [2.45, 2.75) is 6.42 Å². The molecule has 0 fully saturated rings. The number of carbonyl (C=O) groups excluding carboxylic acids is 1. The maximum absolute atomic E-state index is 12.1. The van der Waals surface area contributed by atoms with Crippen LogP contribution in [0.15, 0.2) is 65.5 Å². The van der Waals surface area contributed by atoms with Gasteiger partial charge in [0.15, 0.2) is 5.76 Å². The maximum atomic E-state index is 12.1. The molecule has 0 aliphatic carbocycles. The molecule has 1 aromatic carbocycles. The zero-order chi connectivity index (χ0) is 15.6. The van der Waals surface area contributed by atoms with Crippen LogP contribution in [0, 0.1) is 0 Å². The van der Waals surface area contributed by atoms with Gasteiger partial charge in [-0.3, -0.25) is 9.78 Å². The van der Waals surface area contributed by atoms with Crippen molar-refractivity contribution in [3.8, 4) is 10.6 Å². The number of thiazole rings is 1. The molecule has 0 saturated carbocycles. The Morgan fingerprint density at radius 1 is 1.17 bits per heavy atom. The highest BCUT2D eigenvalue weighted by Gasteiger charge is 2.11. The Morgan fingerprint density at radius 2 is 2.13 bits per heavy atom. The highest BCUT2D eigenvalue weighted by atomic mass is 32.1. The van der Waals surface area contributed by atoms with E-state index in [0.717, 1.165) is 26.4 Å². The fourth-order valence-electron chi connectivity index (χ4n) is 2.43. The predicted molar refractivity (Wildman–Crippen MR) is 89.6 cm³/mol. The van der Waals surface area contributed by atoms with E-state index in [-0.39, 0.29) is 5.78 Å². The minimum Gasteiger partial charge on any atom is -0.461 e. The molecule has 0 bridgehead atoms. The average Bonchev–Trinajstić information content (AvgIpc) is 3.24. The lowest BCUT2D eigenvalue weighted by molar-refractivity contribution is 0.0966. The van der Waals surface area contributed by atoms with Crippen LogP contribution >= 0.6 is 11.3 Å². The summed E-state index contributed by atoms with van der Waals surface area (Å²) in [5.41, 5.74) is 2.90. The number of hydrogen-bond acceptors (Lipinski definition) is 5. The first kappa shape index (κ1) is 13.8. The molecule has 4 rings (SSSR count). The second-order valence-electron chi connectivity index (χ2n) is 5.14. The van der Waals surface area contributed by atoms with Crippen molar-refractivity contribution in [1.29, 1.82) is 0 Å². The summed E-state index contributed by atoms with van der Waals surface area (Å²) in [4.78, 5) is 20.9. The summed E-state index contributed by atoms with van der Waals surface area (Å²) in [5, 5.41) is 0.931. The van der Waals surface area contributed by atoms with Gasteiger partial charge < -0.3 is 4.42 Å². The van der Waals surface area contributed by atoms with Gasteiger partial charge in [0.1, 0.15) is 5.01 Å². The van der Waals surface area contributed by atoms with Crippen molar-refractivity contribution in [2.75, 3.05) is 0 Å². The molecule has 3 aromatic heterocycles. The number of Topliss-reactive ketones (excluding diaryl/α,β-unsaturated/α-hetero) is 1. The second kappa shape index (κ2) is 5.78. The van der Waals surface area contributed by atoms with Crippen LogP contribution < -0.4 is 0 Å². The standard InChI is InChI=1S/C18H12N2O2S/c21-15(16-5-2-8-22-16)10-12-3-1-4-13(9-12)18-20-14-6-7-19-11-17(14)23-18/h1-9,11H,10H2. The molecule has 4 nitrogen and oxygen atoms in total. The number of benzene rings is 1. The van der Waals surface area contributed by atoms with E-state index in [1.54, 1.807) is 29.7 Å². The van der Waals surface area contributed by atoms with Crippen LogP contribution in [-0.4, -0.2) is 15.8 Å². The Kier molecular flexibility index (Phi) is 3.48. The molecular weight excluding hydrogens is 308 g/mol. The van der Waals surface area contributed by atoms with Crippen LogP contribution in [0.5, 0.6) is 0 Å². The van der Waals surface area contributed by atoms with Gasteiger partial charge in [-0.1, -0.05) is 18.2 Å². The smallest absolute Gasteiger partial charge is 0.202 e. The molecule has 0 unspecified atom stereocenters. The average molecular weight is 320 g/mol. The Bertz CT molecular complexity index is 941. The minimum absolute atomic E-state index is 0.0272. The summed E-state index contributed by atoms with van der Waals surface area (Å²) < 4.78 is 6.21. The lowest BCUT2D eigenvalue weighted by Gasteiger charge is -2.02. The first-order valence-electron chi connectivity index (χ1n) is 7.16. The predicted octanol–water partition coefficient (Wildman–Crippen LogP) is 4.38. The van der Waals surface area contributed by atoms with Crippen molar-refractivity contribution in [2.24, 2.45) is 0 Å². The van der Waals surface area contributed by atoms with Gasteiger partial charge in [-0.05, 0) is 29.8 Å². The molecule has 3 heterocycles. The Balaban J connectivity index is 1.64. The molecule has 0 N–H and O–H groups in total. The lowest BCUT2D eigenvalue weighted by atomic mass is 10.0. The van der Waals surface area contributed by atoms with E-state index in [9.17, 15) is 4.79 Å². The van der Waals surface area contributed by atoms with E-state index in [0.29, 0.717) is 12.2 Å². The summed E-state index contributed by atoms with van der Waals surface area (Å²) in [6, 6.07) is 13.2. The van der Waals surface area contributed by atoms with Crippen molar-refractivity contribution in [1.82, 2.24) is 9.97 Å². The summed E-state index contributed by atoms with van der Waals surface area (Å²) in [6.07, 6.45) is 5.39. The largest absolute Gasteiger partial charge is 0.461 e. The fourth-order valence-corrected chi connectivity index (χ4v) is 3.36. The Morgan fingerprint density at radius 3 is 2.96 bits per heavy atom. The minimum atomic E-state index is -0.0272. The second-order valence-corrected chi connectivity index (χ2v) is 6.17. The quantitative estimate of drug-likeness (QED) is 0.524. The lowest BCUT2D eigenvalue weighted by Crippen LogP contribution is -2.01. The normalized spacial score (nSPS) is 11.0. The van der Waals surface area contributed by atoms with E-state index in [4.69, 9.17) is 4.42 Å². The van der Waals surface area contributed by atoms with E-state index < -0.39 is 0 Å². The maximum Gasteiger partial charge on any atom is 0.202 e. The van der Waals surface area contributed by atoms with Gasteiger partial charge in [-0.25, -0.2) is 4.98 Å². The number of furan rings is 1. The first-order valence-corrected chi connectivity index (χ1v) is 7.98. The molecule has 0 atom stereocenters. The van der Waals surface area contributed by atoms with Crippen LogP contribution in [0.4, 0.5) is 0 Å². The number of ketones is 1. The molecule has 112 valence electrons. The van der Waals surface area contributed by atoms with Crippen LogP contribution in [0.25, 0.3) is 20.8 Å². The zero-order valence-corrected chi connectivity index (χ0v) is 12.9. The van der Waals surface area contributed by atoms with Gasteiger partial charge in [0.25, 0.3) is 0 Å². The van der Waals surface area contributed by atoms with Gasteiger partial charge in [0, 0.05) is 24.4 Å². The number of hydrogen-bond donors (Lipinski definition) is 0. The van der Waals surface area contributed by atoms with E-state index in [1.165, 1.54) is 6.26 Å². The summed E-state index contributed by atoms with van der Waals surface area (Å²) in [5.74, 6) is 0.363. The molecule has 0 spiro atoms. The highest BCUT2D eigenvalue weighted by Crippen LogP contribution is 2.30. The number of pyridine rings is 1. The van der Waals surface area contributed by atoms with Crippen LogP contribution in [-0.2, 0) is 6.42 Å². The molecule has 0 radical (unpaired) electrons. The molecular formula is C18H12N2O2S. The van der Waals surface area contributed by atoms with Crippen LogP contribution in [0.3, 0.4) is 0 Å². The molecule has 0 saturated heterocycles. The zero-order valence-electron chi connectivity index (χ0n) is 12.1. The third-order valence-corrected chi connectivity index (χ3v) is 4.58. The van der Waals surface area contributed by atoms with Crippen molar-refractivity contribution in [3.63, 3.8) is 0 Å². The third kappa shape index (κ3) is 2.78. The molecule has 0 aliphatic heterocycles. The summed E-state index contributed by atoms with van der Waals surface area (Å²) in [7, 11) is 0. The van der Waals surface area contributed by atoms with E-state index in [1.807, 2.05) is 36.5 Å². The summed E-state index contributed by atoms with van der Waals surface area (Å²) in [6.45, 7) is 0. The molecule has 0 amide bonds. The highest BCUT2D eigenvalue weighted by molar-refractivity contribution is 7.21. The number of rotatable bonds is 4. The monoisotopic (exact) mass is 320 g/mol. The SMILES string of the molecule is O=C(Cc1cccc(-c2nc3ccncc3s2)c1)c1ccco1. The van der Waals surface area contributed by atoms with Crippen LogP contribution in [0.1, 0.15) is 16.1 Å². The van der Waals surface area contributed by atoms with Crippen LogP contribution in [0.2, 0.25) is 0 Å². The summed E-state index contributed by atoms with van der Waals surface area (Å²) >= 11 is 1.60. The Labute approximate surface area is 136 Å². The Hall–Kier alpha value is -2.79. The number of fused-ring (bicyclic) bond motifs is 1. The molecule has 0 aliphatic rings. The fraction of sp³-hybridized carbons (Fsp3) is 0.0556. The van der Waals surface area contributed by atoms with Crippen molar-refractivity contribution in [3.05, 3.63) is 72.4 Å². The van der Waals surface area contributed by atoms with Gasteiger partial charge >= 0.3 is 0 Å². The van der Waals surface area contributed by atoms with E-state index in [2.05, 4.69) is 9.97 Å². The number of aromatic nitrogens is 2. The van der Waals surface area contributed by atoms with Gasteiger partial charge in [0.2, 0.25) is 5.78 Å². The van der Waals surface area contributed by atoms with Crippen molar-refractivity contribution >= 4 is 27.3 Å². The number of carbonyl (C=O) groups is 1. The van der Waals surface area contributed by atoms with Gasteiger partial charge in [-0.15, -0.1) is 11.3 Å². The van der Waals surface area contributed by atoms with E-state index >= 15 is 0 Å².